The number of carbonyl (C=O) groups excluding carboxylic acids is 4. The van der Waals surface area contributed by atoms with E-state index < -0.39 is 71.6 Å². The van der Waals surface area contributed by atoms with Gasteiger partial charge in [0.05, 0.1) is 12.8 Å². The van der Waals surface area contributed by atoms with Crippen molar-refractivity contribution in [3.05, 3.63) is 59.7 Å². The van der Waals surface area contributed by atoms with Gasteiger partial charge in [-0.2, -0.15) is 0 Å². The minimum absolute atomic E-state index is 0.0288. The highest BCUT2D eigenvalue weighted by Crippen LogP contribution is 2.24. The number of carboxylic acids is 2. The van der Waals surface area contributed by atoms with Crippen LogP contribution < -0.4 is 32.7 Å². The molecule has 0 aromatic heterocycles. The monoisotopic (exact) mass is 704 g/mol. The molecule has 0 fully saturated rings. The van der Waals surface area contributed by atoms with Crippen LogP contribution in [0.2, 0.25) is 0 Å². The van der Waals surface area contributed by atoms with Crippen molar-refractivity contribution in [1.29, 1.82) is 0 Å². The molecule has 0 radical (unpaired) electrons. The van der Waals surface area contributed by atoms with E-state index in [9.17, 15) is 39.0 Å². The zero-order valence-corrected chi connectivity index (χ0v) is 28.9. The number of amides is 4. The summed E-state index contributed by atoms with van der Waals surface area (Å²) in [6.45, 7) is 6.55. The number of aliphatic carboxylic acids is 2. The van der Waals surface area contributed by atoms with Crippen LogP contribution in [-0.4, -0.2) is 81.5 Å². The van der Waals surface area contributed by atoms with Gasteiger partial charge >= 0.3 is 11.9 Å². The number of hydrogen-bond donors (Lipinski definition) is 8. The smallest absolute Gasteiger partial charge is 0.326 e. The van der Waals surface area contributed by atoms with Crippen LogP contribution in [0.3, 0.4) is 0 Å². The minimum atomic E-state index is -1.23. The van der Waals surface area contributed by atoms with Gasteiger partial charge in [0.25, 0.3) is 0 Å². The Hall–Kier alpha value is -4.44. The molecule has 10 N–H and O–H groups in total. The van der Waals surface area contributed by atoms with E-state index in [0.29, 0.717) is 22.5 Å². The maximum absolute atomic E-state index is 13.2. The first kappa shape index (κ1) is 39.7. The summed E-state index contributed by atoms with van der Waals surface area (Å²) < 4.78 is 0. The fraction of sp³-hybridized carbons (Fsp3) is 0.438. The van der Waals surface area contributed by atoms with Crippen molar-refractivity contribution in [2.24, 2.45) is 11.8 Å². The number of rotatable bonds is 19. The lowest BCUT2D eigenvalue weighted by Gasteiger charge is -2.24. The van der Waals surface area contributed by atoms with Gasteiger partial charge in [0, 0.05) is 22.9 Å². The molecular formula is C32H44N6O8S2. The summed E-state index contributed by atoms with van der Waals surface area (Å²) in [5.41, 5.74) is 13.8. The van der Waals surface area contributed by atoms with E-state index in [1.54, 1.807) is 76.2 Å². The Balaban J connectivity index is 2.17. The highest BCUT2D eigenvalue weighted by molar-refractivity contribution is 8.76. The number of anilines is 2. The molecule has 48 heavy (non-hydrogen) atoms. The Bertz CT molecular complexity index is 1350. The summed E-state index contributed by atoms with van der Waals surface area (Å²) in [5, 5.41) is 29.4. The number of carboxylic acid groups (broad SMARTS) is 2. The van der Waals surface area contributed by atoms with E-state index in [-0.39, 0.29) is 24.3 Å². The minimum Gasteiger partial charge on any atom is -0.480 e. The van der Waals surface area contributed by atoms with Gasteiger partial charge in [-0.05, 0) is 47.2 Å². The molecule has 262 valence electrons. The number of carbonyl (C=O) groups is 6. The molecule has 0 unspecified atom stereocenters. The first-order valence-electron chi connectivity index (χ1n) is 15.2. The molecule has 14 nitrogen and oxygen atoms in total. The van der Waals surface area contributed by atoms with Crippen LogP contribution in [-0.2, 0) is 41.6 Å². The molecule has 4 atom stereocenters. The second-order valence-electron chi connectivity index (χ2n) is 11.8. The largest absolute Gasteiger partial charge is 0.480 e. The third-order valence-electron chi connectivity index (χ3n) is 6.95. The summed E-state index contributed by atoms with van der Waals surface area (Å²) in [5.74, 6) is -5.81. The molecule has 4 amide bonds. The van der Waals surface area contributed by atoms with Crippen LogP contribution in [0.15, 0.2) is 48.5 Å². The number of hydrogen-bond acceptors (Lipinski definition) is 10. The highest BCUT2D eigenvalue weighted by atomic mass is 33.1. The molecule has 0 saturated heterocycles. The Kier molecular flexibility index (Phi) is 16.1. The lowest BCUT2D eigenvalue weighted by Crippen LogP contribution is -2.54. The Morgan fingerprint density at radius 3 is 1.27 bits per heavy atom. The van der Waals surface area contributed by atoms with Gasteiger partial charge < -0.3 is 42.9 Å². The van der Waals surface area contributed by atoms with Gasteiger partial charge in [-0.25, -0.2) is 9.59 Å². The first-order valence-corrected chi connectivity index (χ1v) is 17.6. The number of benzene rings is 2. The fourth-order valence-electron chi connectivity index (χ4n) is 4.40. The number of nitrogens with two attached hydrogens (primary N) is 2. The van der Waals surface area contributed by atoms with E-state index in [1.165, 1.54) is 0 Å². The van der Waals surface area contributed by atoms with Gasteiger partial charge in [0.15, 0.2) is 0 Å². The number of nitrogen functional groups attached to an aromatic ring is 2. The van der Waals surface area contributed by atoms with Crippen LogP contribution in [0.4, 0.5) is 11.4 Å². The van der Waals surface area contributed by atoms with E-state index in [1.807, 2.05) is 0 Å². The van der Waals surface area contributed by atoms with Crippen LogP contribution >= 0.6 is 21.6 Å². The summed E-state index contributed by atoms with van der Waals surface area (Å²) in [6, 6.07) is 8.67. The molecule has 0 bridgehead atoms. The highest BCUT2D eigenvalue weighted by Gasteiger charge is 2.31. The van der Waals surface area contributed by atoms with Gasteiger partial charge in [0.1, 0.15) is 24.2 Å². The fourth-order valence-corrected chi connectivity index (χ4v) is 6.73. The van der Waals surface area contributed by atoms with Crippen LogP contribution in [0.5, 0.6) is 0 Å². The normalized spacial score (nSPS) is 13.5. The number of nitrogens with one attached hydrogen (secondary N) is 4. The first-order chi connectivity index (χ1) is 22.6. The topological polar surface area (TPSA) is 243 Å². The lowest BCUT2D eigenvalue weighted by molar-refractivity contribution is -0.143. The molecule has 2 rings (SSSR count). The SMILES string of the molecule is CC(C)[C@@H](NC(=O)[C@H](CSSC[C@H](NC(=O)Cc1cccc(N)c1)C(=O)N[C@@H](C(=O)O)C(C)C)NC(=O)Cc1cccc(N)c1)C(=O)O. The summed E-state index contributed by atoms with van der Waals surface area (Å²) in [7, 11) is 2.21. The van der Waals surface area contributed by atoms with Crippen molar-refractivity contribution in [3.63, 3.8) is 0 Å². The van der Waals surface area contributed by atoms with Gasteiger partial charge in [-0.15, -0.1) is 0 Å². The Morgan fingerprint density at radius 1 is 0.625 bits per heavy atom. The predicted molar refractivity (Wildman–Crippen MR) is 187 cm³/mol. The molecule has 0 saturated carbocycles. The van der Waals surface area contributed by atoms with Crippen LogP contribution in [0.1, 0.15) is 38.8 Å². The molecule has 2 aromatic carbocycles. The molecule has 2 aromatic rings. The van der Waals surface area contributed by atoms with E-state index in [4.69, 9.17) is 11.5 Å². The Morgan fingerprint density at radius 2 is 0.979 bits per heavy atom. The van der Waals surface area contributed by atoms with Crippen molar-refractivity contribution in [2.75, 3.05) is 23.0 Å². The maximum Gasteiger partial charge on any atom is 0.326 e. The Labute approximate surface area is 287 Å². The standard InChI is InChI=1S/C32H44N6O8S2/c1-17(2)27(31(43)44)37-29(41)23(35-25(39)13-19-7-5-9-21(33)11-19)15-47-48-16-24(30(42)38-28(18(3)4)32(45)46)36-26(40)14-20-8-6-10-22(34)12-20/h5-12,17-18,23-24,27-28H,13-16,33-34H2,1-4H3,(H,35,39)(H,36,40)(H,37,41)(H,38,42)(H,43,44)(H,45,46)/t23-,24-,27+,28+/m0/s1. The summed E-state index contributed by atoms with van der Waals surface area (Å²) in [6.07, 6.45) is -0.164. The van der Waals surface area contributed by atoms with E-state index >= 15 is 0 Å². The van der Waals surface area contributed by atoms with Crippen molar-refractivity contribution in [1.82, 2.24) is 21.3 Å². The average Bonchev–Trinajstić information content (AvgIpc) is 2.98. The molecule has 0 spiro atoms. The predicted octanol–water partition coefficient (Wildman–Crippen LogP) is 1.44. The van der Waals surface area contributed by atoms with Crippen molar-refractivity contribution in [2.45, 2.75) is 64.7 Å². The van der Waals surface area contributed by atoms with Crippen molar-refractivity contribution < 1.29 is 39.0 Å². The third-order valence-corrected chi connectivity index (χ3v) is 9.37. The zero-order chi connectivity index (χ0) is 36.0. The van der Waals surface area contributed by atoms with Gasteiger partial charge in [0.2, 0.25) is 23.6 Å². The van der Waals surface area contributed by atoms with Crippen molar-refractivity contribution >= 4 is 68.5 Å². The summed E-state index contributed by atoms with van der Waals surface area (Å²) in [4.78, 5) is 75.7. The molecule has 0 aliphatic heterocycles. The molecule has 0 aliphatic rings. The third kappa shape index (κ3) is 13.7. The van der Waals surface area contributed by atoms with E-state index in [2.05, 4.69) is 21.3 Å². The molecule has 0 heterocycles. The van der Waals surface area contributed by atoms with Crippen LogP contribution in [0.25, 0.3) is 0 Å². The molecular weight excluding hydrogens is 661 g/mol. The molecule has 0 aliphatic carbocycles. The molecule has 16 heteroatoms. The maximum atomic E-state index is 13.2. The quantitative estimate of drug-likeness (QED) is 0.0589. The zero-order valence-electron chi connectivity index (χ0n) is 27.2. The lowest BCUT2D eigenvalue weighted by atomic mass is 10.0. The summed E-state index contributed by atoms with van der Waals surface area (Å²) >= 11 is 0. The van der Waals surface area contributed by atoms with Crippen molar-refractivity contribution in [3.8, 4) is 0 Å². The van der Waals surface area contributed by atoms with Crippen LogP contribution in [0, 0.1) is 11.8 Å². The van der Waals surface area contributed by atoms with Gasteiger partial charge in [-0.3, -0.25) is 19.2 Å². The second kappa shape index (κ2) is 19.4. The second-order valence-corrected chi connectivity index (χ2v) is 14.3. The van der Waals surface area contributed by atoms with Gasteiger partial charge in [-0.1, -0.05) is 73.5 Å². The average molecular weight is 705 g/mol. The van der Waals surface area contributed by atoms with E-state index in [0.717, 1.165) is 21.6 Å².